The number of methoxy groups -OCH3 is 1. The van der Waals surface area contributed by atoms with Gasteiger partial charge in [-0.3, -0.25) is 0 Å². The molecule has 2 aromatic rings. The number of nitrogens with zero attached hydrogens (tertiary/aromatic N) is 2. The molecule has 1 unspecified atom stereocenters. The van der Waals surface area contributed by atoms with Crippen molar-refractivity contribution in [1.29, 1.82) is 0 Å². The van der Waals surface area contributed by atoms with Gasteiger partial charge in [-0.15, -0.1) is 0 Å². The third kappa shape index (κ3) is 4.17. The molecule has 1 heterocycles. The van der Waals surface area contributed by atoms with Gasteiger partial charge in [-0.25, -0.2) is 4.79 Å². The molecule has 0 saturated carbocycles. The Morgan fingerprint density at radius 1 is 1.19 bits per heavy atom. The standard InChI is InChI=1S/C21H27N3O2/c1-23(2)18-10-7-13-24(15-18)21(25)22-17-9-6-8-16(14-17)19-11-4-5-12-20(19)26-3/h4-6,8-9,11-12,14,18H,7,10,13,15H2,1-3H3,(H,22,25). The second-order valence-electron chi connectivity index (χ2n) is 6.92. The molecule has 1 aliphatic heterocycles. The molecule has 5 nitrogen and oxygen atoms in total. The molecule has 1 atom stereocenters. The lowest BCUT2D eigenvalue weighted by molar-refractivity contribution is 0.148. The number of likely N-dealkylation sites (N-methyl/N-ethyl adjacent to an activating group) is 1. The average Bonchev–Trinajstić information content (AvgIpc) is 2.68. The van der Waals surface area contributed by atoms with Crippen LogP contribution < -0.4 is 10.1 Å². The van der Waals surface area contributed by atoms with E-state index in [1.165, 1.54) is 0 Å². The first kappa shape index (κ1) is 18.3. The first-order valence-corrected chi connectivity index (χ1v) is 9.04. The number of nitrogens with one attached hydrogen (secondary N) is 1. The molecule has 5 heteroatoms. The van der Waals surface area contributed by atoms with Crippen LogP contribution in [0.15, 0.2) is 48.5 Å². The number of benzene rings is 2. The zero-order valence-electron chi connectivity index (χ0n) is 15.7. The zero-order chi connectivity index (χ0) is 18.5. The fraction of sp³-hybridized carbons (Fsp3) is 0.381. The van der Waals surface area contributed by atoms with Gasteiger partial charge in [0.25, 0.3) is 0 Å². The van der Waals surface area contributed by atoms with Crippen molar-refractivity contribution >= 4 is 11.7 Å². The summed E-state index contributed by atoms with van der Waals surface area (Å²) in [7, 11) is 5.81. The Balaban J connectivity index is 1.73. The molecule has 0 aliphatic carbocycles. The minimum absolute atomic E-state index is 0.0336. The number of hydrogen-bond donors (Lipinski definition) is 1. The molecule has 138 valence electrons. The molecule has 1 aliphatic rings. The summed E-state index contributed by atoms with van der Waals surface area (Å²) in [5.74, 6) is 0.820. The second kappa shape index (κ2) is 8.23. The summed E-state index contributed by atoms with van der Waals surface area (Å²) in [6.07, 6.45) is 2.18. The summed E-state index contributed by atoms with van der Waals surface area (Å²) in [5.41, 5.74) is 2.83. The maximum absolute atomic E-state index is 12.7. The Morgan fingerprint density at radius 3 is 2.77 bits per heavy atom. The van der Waals surface area contributed by atoms with Crippen LogP contribution in [0.1, 0.15) is 12.8 Å². The van der Waals surface area contributed by atoms with Crippen LogP contribution in [0.4, 0.5) is 10.5 Å². The van der Waals surface area contributed by atoms with Gasteiger partial charge in [0.15, 0.2) is 0 Å². The second-order valence-corrected chi connectivity index (χ2v) is 6.92. The van der Waals surface area contributed by atoms with Crippen molar-refractivity contribution in [2.24, 2.45) is 0 Å². The number of piperidine rings is 1. The van der Waals surface area contributed by atoms with Crippen molar-refractivity contribution in [3.8, 4) is 16.9 Å². The number of likely N-dealkylation sites (tertiary alicyclic amines) is 1. The highest BCUT2D eigenvalue weighted by Crippen LogP contribution is 2.31. The van der Waals surface area contributed by atoms with E-state index in [2.05, 4.69) is 24.3 Å². The minimum Gasteiger partial charge on any atom is -0.496 e. The molecule has 0 radical (unpaired) electrons. The number of rotatable bonds is 4. The number of ether oxygens (including phenoxy) is 1. The molecule has 0 aromatic heterocycles. The minimum atomic E-state index is -0.0336. The van der Waals surface area contributed by atoms with E-state index in [9.17, 15) is 4.79 Å². The summed E-state index contributed by atoms with van der Waals surface area (Å²) in [6.45, 7) is 1.58. The van der Waals surface area contributed by atoms with Crippen molar-refractivity contribution < 1.29 is 9.53 Å². The van der Waals surface area contributed by atoms with E-state index < -0.39 is 0 Å². The first-order valence-electron chi connectivity index (χ1n) is 9.04. The number of para-hydroxylation sites is 1. The van der Waals surface area contributed by atoms with Crippen LogP contribution in [0.25, 0.3) is 11.1 Å². The van der Waals surface area contributed by atoms with Gasteiger partial charge < -0.3 is 19.9 Å². The molecule has 1 saturated heterocycles. The molecule has 1 fully saturated rings. The van der Waals surface area contributed by atoms with E-state index in [1.54, 1.807) is 7.11 Å². The van der Waals surface area contributed by atoms with E-state index in [-0.39, 0.29) is 6.03 Å². The quantitative estimate of drug-likeness (QED) is 0.906. The topological polar surface area (TPSA) is 44.8 Å². The number of hydrogen-bond acceptors (Lipinski definition) is 3. The monoisotopic (exact) mass is 353 g/mol. The largest absolute Gasteiger partial charge is 0.496 e. The zero-order valence-corrected chi connectivity index (χ0v) is 15.7. The highest BCUT2D eigenvalue weighted by atomic mass is 16.5. The van der Waals surface area contributed by atoms with Crippen LogP contribution in [0.3, 0.4) is 0 Å². The Bertz CT molecular complexity index is 760. The fourth-order valence-corrected chi connectivity index (χ4v) is 3.41. The first-order chi connectivity index (χ1) is 12.6. The predicted molar refractivity (Wildman–Crippen MR) is 106 cm³/mol. The lowest BCUT2D eigenvalue weighted by Gasteiger charge is -2.36. The number of urea groups is 1. The van der Waals surface area contributed by atoms with Gasteiger partial charge in [0.1, 0.15) is 5.75 Å². The Morgan fingerprint density at radius 2 is 2.00 bits per heavy atom. The molecule has 0 spiro atoms. The maximum Gasteiger partial charge on any atom is 0.321 e. The van der Waals surface area contributed by atoms with Crippen molar-refractivity contribution in [2.45, 2.75) is 18.9 Å². The van der Waals surface area contributed by atoms with E-state index in [0.717, 1.165) is 48.5 Å². The average molecular weight is 353 g/mol. The van der Waals surface area contributed by atoms with E-state index in [4.69, 9.17) is 4.74 Å². The predicted octanol–water partition coefficient (Wildman–Crippen LogP) is 3.92. The molecule has 26 heavy (non-hydrogen) atoms. The van der Waals surface area contributed by atoms with Crippen molar-refractivity contribution in [1.82, 2.24) is 9.80 Å². The van der Waals surface area contributed by atoms with Crippen LogP contribution in [-0.4, -0.2) is 56.2 Å². The molecular weight excluding hydrogens is 326 g/mol. The van der Waals surface area contributed by atoms with E-state index in [1.807, 2.05) is 53.4 Å². The van der Waals surface area contributed by atoms with Crippen LogP contribution in [0, 0.1) is 0 Å². The lowest BCUT2D eigenvalue weighted by atomic mass is 10.0. The van der Waals surface area contributed by atoms with Crippen LogP contribution in [0.2, 0.25) is 0 Å². The Labute approximate surface area is 155 Å². The van der Waals surface area contributed by atoms with Crippen LogP contribution in [0.5, 0.6) is 5.75 Å². The van der Waals surface area contributed by atoms with Gasteiger partial charge in [0.2, 0.25) is 0 Å². The van der Waals surface area contributed by atoms with Gasteiger partial charge in [0, 0.05) is 30.4 Å². The number of amides is 2. The highest BCUT2D eigenvalue weighted by molar-refractivity contribution is 5.90. The van der Waals surface area contributed by atoms with Gasteiger partial charge in [-0.05, 0) is 50.7 Å². The smallest absolute Gasteiger partial charge is 0.321 e. The summed E-state index contributed by atoms with van der Waals surface area (Å²) in [4.78, 5) is 16.8. The molecular formula is C21H27N3O2. The fourth-order valence-electron chi connectivity index (χ4n) is 3.41. The van der Waals surface area contributed by atoms with Crippen molar-refractivity contribution in [2.75, 3.05) is 39.6 Å². The lowest BCUT2D eigenvalue weighted by Crippen LogP contribution is -2.48. The Kier molecular flexibility index (Phi) is 5.78. The number of carbonyl (C=O) groups excluding carboxylic acids is 1. The van der Waals surface area contributed by atoms with E-state index in [0.29, 0.717) is 6.04 Å². The molecule has 0 bridgehead atoms. The van der Waals surface area contributed by atoms with Crippen LogP contribution in [-0.2, 0) is 0 Å². The summed E-state index contributed by atoms with van der Waals surface area (Å²) >= 11 is 0. The summed E-state index contributed by atoms with van der Waals surface area (Å²) in [5, 5.41) is 3.05. The van der Waals surface area contributed by atoms with E-state index >= 15 is 0 Å². The molecule has 2 aromatic carbocycles. The summed E-state index contributed by atoms with van der Waals surface area (Å²) in [6, 6.07) is 16.2. The van der Waals surface area contributed by atoms with Crippen LogP contribution >= 0.6 is 0 Å². The highest BCUT2D eigenvalue weighted by Gasteiger charge is 2.24. The van der Waals surface area contributed by atoms with Gasteiger partial charge >= 0.3 is 6.03 Å². The molecule has 2 amide bonds. The van der Waals surface area contributed by atoms with Gasteiger partial charge in [0.05, 0.1) is 7.11 Å². The number of anilines is 1. The SMILES string of the molecule is COc1ccccc1-c1cccc(NC(=O)N2CCCC(N(C)C)C2)c1. The van der Waals surface area contributed by atoms with Crippen molar-refractivity contribution in [3.05, 3.63) is 48.5 Å². The third-order valence-electron chi connectivity index (χ3n) is 4.95. The maximum atomic E-state index is 12.7. The summed E-state index contributed by atoms with van der Waals surface area (Å²) < 4.78 is 5.45. The molecule has 3 rings (SSSR count). The normalized spacial score (nSPS) is 17.2. The van der Waals surface area contributed by atoms with Crippen molar-refractivity contribution in [3.63, 3.8) is 0 Å². The van der Waals surface area contributed by atoms with Gasteiger partial charge in [-0.1, -0.05) is 30.3 Å². The Hall–Kier alpha value is -2.53. The van der Waals surface area contributed by atoms with Gasteiger partial charge in [-0.2, -0.15) is 0 Å². The molecule has 1 N–H and O–H groups in total. The number of carbonyl (C=O) groups is 1. The third-order valence-corrected chi connectivity index (χ3v) is 4.95.